The lowest BCUT2D eigenvalue weighted by molar-refractivity contribution is 0.275. The molecule has 1 aromatic rings. The summed E-state index contributed by atoms with van der Waals surface area (Å²) in [5.41, 5.74) is 1.19. The summed E-state index contributed by atoms with van der Waals surface area (Å²) in [7, 11) is 0. The predicted octanol–water partition coefficient (Wildman–Crippen LogP) is 3.18. The summed E-state index contributed by atoms with van der Waals surface area (Å²) in [6.07, 6.45) is 3.51. The van der Waals surface area contributed by atoms with Crippen LogP contribution in [0.15, 0.2) is 23.2 Å². The second-order valence-electron chi connectivity index (χ2n) is 4.91. The fourth-order valence-corrected chi connectivity index (χ4v) is 1.94. The topological polar surface area (TPSA) is 56.7 Å². The molecule has 0 heterocycles. The van der Waals surface area contributed by atoms with Crippen LogP contribution in [0.2, 0.25) is 0 Å². The van der Waals surface area contributed by atoms with E-state index in [1.54, 1.807) is 12.1 Å². The number of aliphatic imine (C=N–C) groups is 1. The minimum absolute atomic E-state index is 0. The smallest absolute Gasteiger partial charge is 0.191 e. The molecule has 0 bridgehead atoms. The zero-order chi connectivity index (χ0) is 15.5. The van der Waals surface area contributed by atoms with E-state index in [2.05, 4.69) is 22.5 Å². The van der Waals surface area contributed by atoms with E-state index in [-0.39, 0.29) is 36.4 Å². The van der Waals surface area contributed by atoms with Crippen molar-refractivity contribution in [1.82, 2.24) is 10.6 Å². The van der Waals surface area contributed by atoms with Crippen molar-refractivity contribution in [2.75, 3.05) is 13.1 Å². The van der Waals surface area contributed by atoms with Gasteiger partial charge in [-0.05, 0) is 31.0 Å². The Labute approximate surface area is 149 Å². The molecule has 0 fully saturated rings. The van der Waals surface area contributed by atoms with Crippen molar-refractivity contribution in [2.45, 2.75) is 46.3 Å². The number of nitrogens with zero attached hydrogens (tertiary/aromatic N) is 1. The largest absolute Gasteiger partial charge is 0.392 e. The lowest BCUT2D eigenvalue weighted by Gasteiger charge is -2.11. The minimum atomic E-state index is -0.380. The van der Waals surface area contributed by atoms with Crippen LogP contribution < -0.4 is 10.6 Å². The number of aliphatic hydroxyl groups excluding tert-OH is 1. The third-order valence-corrected chi connectivity index (χ3v) is 3.12. The highest BCUT2D eigenvalue weighted by Crippen LogP contribution is 2.11. The van der Waals surface area contributed by atoms with Gasteiger partial charge in [0.05, 0.1) is 13.2 Å². The Kier molecular flexibility index (Phi) is 12.1. The first-order valence-corrected chi connectivity index (χ1v) is 7.61. The van der Waals surface area contributed by atoms with E-state index in [4.69, 9.17) is 5.11 Å². The summed E-state index contributed by atoms with van der Waals surface area (Å²) in [6, 6.07) is 4.72. The lowest BCUT2D eigenvalue weighted by atomic mass is 10.1. The molecule has 0 saturated carbocycles. The first kappa shape index (κ1) is 21.1. The molecule has 22 heavy (non-hydrogen) atoms. The van der Waals surface area contributed by atoms with Crippen molar-refractivity contribution in [3.05, 3.63) is 35.1 Å². The Bertz CT molecular complexity index is 455. The third-order valence-electron chi connectivity index (χ3n) is 3.12. The molecule has 3 N–H and O–H groups in total. The maximum absolute atomic E-state index is 13.3. The van der Waals surface area contributed by atoms with Crippen LogP contribution in [0.25, 0.3) is 0 Å². The quantitative estimate of drug-likeness (QED) is 0.261. The van der Waals surface area contributed by atoms with Gasteiger partial charge in [-0.3, -0.25) is 0 Å². The average Bonchev–Trinajstić information content (AvgIpc) is 2.50. The van der Waals surface area contributed by atoms with Gasteiger partial charge in [-0.25, -0.2) is 9.38 Å². The average molecular weight is 423 g/mol. The molecule has 0 radical (unpaired) electrons. The summed E-state index contributed by atoms with van der Waals surface area (Å²) < 4.78 is 13.3. The van der Waals surface area contributed by atoms with Gasteiger partial charge in [-0.2, -0.15) is 0 Å². The zero-order valence-corrected chi connectivity index (χ0v) is 15.7. The van der Waals surface area contributed by atoms with E-state index in [1.165, 1.54) is 18.9 Å². The van der Waals surface area contributed by atoms with Gasteiger partial charge in [0.1, 0.15) is 5.82 Å². The van der Waals surface area contributed by atoms with Crippen LogP contribution in [0.1, 0.15) is 44.2 Å². The van der Waals surface area contributed by atoms with Crippen molar-refractivity contribution >= 4 is 29.9 Å². The number of nitrogens with one attached hydrogen (secondary N) is 2. The Morgan fingerprint density at radius 3 is 2.64 bits per heavy atom. The number of guanidine groups is 1. The number of halogens is 2. The summed E-state index contributed by atoms with van der Waals surface area (Å²) >= 11 is 0. The molecular formula is C16H27FIN3O. The SMILES string of the molecule is CCCCCNC(=NCc1ccc(F)c(CO)c1)NCC.I. The molecule has 0 atom stereocenters. The van der Waals surface area contributed by atoms with Crippen LogP contribution in [0.5, 0.6) is 0 Å². The molecular weight excluding hydrogens is 396 g/mol. The van der Waals surface area contributed by atoms with Gasteiger partial charge in [0.25, 0.3) is 0 Å². The van der Waals surface area contributed by atoms with Crippen LogP contribution in [0, 0.1) is 5.82 Å². The molecule has 4 nitrogen and oxygen atoms in total. The van der Waals surface area contributed by atoms with Crippen LogP contribution in [-0.4, -0.2) is 24.2 Å². The summed E-state index contributed by atoms with van der Waals surface area (Å²) in [6.45, 7) is 6.04. The molecule has 1 rings (SSSR count). The summed E-state index contributed by atoms with van der Waals surface area (Å²) in [5, 5.41) is 15.5. The highest BCUT2D eigenvalue weighted by Gasteiger charge is 2.03. The third kappa shape index (κ3) is 7.93. The number of hydrogen-bond donors (Lipinski definition) is 3. The van der Waals surface area contributed by atoms with Gasteiger partial charge in [-0.1, -0.05) is 25.8 Å². The maximum Gasteiger partial charge on any atom is 0.191 e. The molecule has 0 aromatic heterocycles. The number of benzene rings is 1. The first-order chi connectivity index (χ1) is 10.2. The van der Waals surface area contributed by atoms with Gasteiger partial charge < -0.3 is 15.7 Å². The standard InChI is InChI=1S/C16H26FN3O.HI/c1-3-5-6-9-19-16(18-4-2)20-11-13-7-8-15(17)14(10-13)12-21;/h7-8,10,21H,3-6,9,11-12H2,1-2H3,(H2,18,19,20);1H. The van der Waals surface area contributed by atoms with Gasteiger partial charge >= 0.3 is 0 Å². The van der Waals surface area contributed by atoms with Gasteiger partial charge in [0.2, 0.25) is 0 Å². The fraction of sp³-hybridized carbons (Fsp3) is 0.562. The second kappa shape index (κ2) is 12.6. The van der Waals surface area contributed by atoms with Gasteiger partial charge in [-0.15, -0.1) is 24.0 Å². The Balaban J connectivity index is 0.00000441. The van der Waals surface area contributed by atoms with E-state index in [0.29, 0.717) is 12.1 Å². The van der Waals surface area contributed by atoms with E-state index < -0.39 is 0 Å². The van der Waals surface area contributed by atoms with Crippen molar-refractivity contribution < 1.29 is 9.50 Å². The van der Waals surface area contributed by atoms with E-state index in [0.717, 1.165) is 31.0 Å². The Morgan fingerprint density at radius 1 is 1.23 bits per heavy atom. The second-order valence-corrected chi connectivity index (χ2v) is 4.91. The number of rotatable bonds is 8. The molecule has 126 valence electrons. The van der Waals surface area contributed by atoms with E-state index >= 15 is 0 Å². The highest BCUT2D eigenvalue weighted by molar-refractivity contribution is 14.0. The highest BCUT2D eigenvalue weighted by atomic mass is 127. The summed E-state index contributed by atoms with van der Waals surface area (Å²) in [4.78, 5) is 4.48. The lowest BCUT2D eigenvalue weighted by Crippen LogP contribution is -2.37. The number of unbranched alkanes of at least 4 members (excludes halogenated alkanes) is 2. The van der Waals surface area contributed by atoms with Gasteiger partial charge in [0.15, 0.2) is 5.96 Å². The summed E-state index contributed by atoms with van der Waals surface area (Å²) in [5.74, 6) is 0.387. The van der Waals surface area contributed by atoms with Crippen molar-refractivity contribution in [2.24, 2.45) is 4.99 Å². The zero-order valence-electron chi connectivity index (χ0n) is 13.4. The molecule has 0 unspecified atom stereocenters. The van der Waals surface area contributed by atoms with Crippen molar-refractivity contribution in [3.63, 3.8) is 0 Å². The van der Waals surface area contributed by atoms with Crippen LogP contribution in [0.4, 0.5) is 4.39 Å². The predicted molar refractivity (Wildman–Crippen MR) is 100 cm³/mol. The van der Waals surface area contributed by atoms with Crippen molar-refractivity contribution in [1.29, 1.82) is 0 Å². The van der Waals surface area contributed by atoms with Crippen molar-refractivity contribution in [3.8, 4) is 0 Å². The number of hydrogen-bond acceptors (Lipinski definition) is 2. The molecule has 0 aliphatic rings. The van der Waals surface area contributed by atoms with Crippen LogP contribution >= 0.6 is 24.0 Å². The molecule has 0 spiro atoms. The van der Waals surface area contributed by atoms with E-state index in [9.17, 15) is 4.39 Å². The molecule has 0 aliphatic heterocycles. The minimum Gasteiger partial charge on any atom is -0.392 e. The fourth-order valence-electron chi connectivity index (χ4n) is 1.94. The normalized spacial score (nSPS) is 11.0. The molecule has 0 amide bonds. The molecule has 6 heteroatoms. The first-order valence-electron chi connectivity index (χ1n) is 7.61. The Hall–Kier alpha value is -0.890. The van der Waals surface area contributed by atoms with Crippen LogP contribution in [-0.2, 0) is 13.2 Å². The van der Waals surface area contributed by atoms with Crippen LogP contribution in [0.3, 0.4) is 0 Å². The molecule has 1 aromatic carbocycles. The van der Waals surface area contributed by atoms with E-state index in [1.807, 2.05) is 6.92 Å². The monoisotopic (exact) mass is 423 g/mol. The maximum atomic E-state index is 13.3. The van der Waals surface area contributed by atoms with Gasteiger partial charge in [0, 0.05) is 18.7 Å². The molecule has 0 saturated heterocycles. The number of aliphatic hydroxyl groups is 1. The Morgan fingerprint density at radius 2 is 2.00 bits per heavy atom. The molecule has 0 aliphatic carbocycles.